The minimum Gasteiger partial charge on any atom is -0.496 e. The summed E-state index contributed by atoms with van der Waals surface area (Å²) < 4.78 is 5.22. The Morgan fingerprint density at radius 2 is 1.95 bits per heavy atom. The van der Waals surface area contributed by atoms with E-state index < -0.39 is 0 Å². The third-order valence-electron chi connectivity index (χ3n) is 2.91. The molecule has 3 nitrogen and oxygen atoms in total. The molecule has 20 heavy (non-hydrogen) atoms. The Balaban J connectivity index is 2.27. The maximum absolute atomic E-state index is 12.3. The summed E-state index contributed by atoms with van der Waals surface area (Å²) in [6, 6.07) is 10.0. The molecule has 0 saturated heterocycles. The number of carbonyl (C=O) groups is 1. The summed E-state index contributed by atoms with van der Waals surface area (Å²) in [6.45, 7) is 0. The molecule has 2 N–H and O–H groups in total. The number of halogens is 2. The predicted molar refractivity (Wildman–Crippen MR) is 81.9 cm³/mol. The van der Waals surface area contributed by atoms with E-state index in [-0.39, 0.29) is 12.2 Å². The van der Waals surface area contributed by atoms with E-state index in [1.54, 1.807) is 43.5 Å². The number of ketones is 1. The molecule has 2 aromatic rings. The second-order valence-corrected chi connectivity index (χ2v) is 5.14. The van der Waals surface area contributed by atoms with Gasteiger partial charge in [-0.2, -0.15) is 0 Å². The number of anilines is 1. The van der Waals surface area contributed by atoms with Crippen LogP contribution in [0.5, 0.6) is 5.75 Å². The van der Waals surface area contributed by atoms with Crippen molar-refractivity contribution in [3.05, 3.63) is 57.6 Å². The molecule has 2 aromatic carbocycles. The third-order valence-corrected chi connectivity index (χ3v) is 3.49. The summed E-state index contributed by atoms with van der Waals surface area (Å²) in [6.07, 6.45) is 0.185. The van der Waals surface area contributed by atoms with E-state index in [9.17, 15) is 4.79 Å². The van der Waals surface area contributed by atoms with Gasteiger partial charge < -0.3 is 10.5 Å². The third kappa shape index (κ3) is 3.24. The number of ether oxygens (including phenoxy) is 1. The van der Waals surface area contributed by atoms with Crippen molar-refractivity contribution >= 4 is 34.7 Å². The Morgan fingerprint density at radius 3 is 2.60 bits per heavy atom. The van der Waals surface area contributed by atoms with E-state index in [4.69, 9.17) is 33.7 Å². The highest BCUT2D eigenvalue weighted by atomic mass is 35.5. The highest BCUT2D eigenvalue weighted by Gasteiger charge is 2.12. The Labute approximate surface area is 127 Å². The number of methoxy groups -OCH3 is 1. The summed E-state index contributed by atoms with van der Waals surface area (Å²) in [4.78, 5) is 12.3. The van der Waals surface area contributed by atoms with Crippen LogP contribution in [0.15, 0.2) is 36.4 Å². The van der Waals surface area contributed by atoms with Crippen LogP contribution in [0.25, 0.3) is 0 Å². The highest BCUT2D eigenvalue weighted by Crippen LogP contribution is 2.25. The summed E-state index contributed by atoms with van der Waals surface area (Å²) in [5.41, 5.74) is 7.33. The van der Waals surface area contributed by atoms with E-state index in [2.05, 4.69) is 0 Å². The lowest BCUT2D eigenvalue weighted by Crippen LogP contribution is -2.06. The molecule has 0 spiro atoms. The van der Waals surface area contributed by atoms with Gasteiger partial charge in [-0.25, -0.2) is 0 Å². The zero-order valence-electron chi connectivity index (χ0n) is 10.8. The van der Waals surface area contributed by atoms with Crippen molar-refractivity contribution in [2.75, 3.05) is 12.8 Å². The molecule has 0 atom stereocenters. The van der Waals surface area contributed by atoms with E-state index in [0.717, 1.165) is 5.56 Å². The van der Waals surface area contributed by atoms with Crippen LogP contribution in [0, 0.1) is 0 Å². The van der Waals surface area contributed by atoms with Crippen LogP contribution >= 0.6 is 23.2 Å². The zero-order valence-corrected chi connectivity index (χ0v) is 12.3. The number of nitrogens with two attached hydrogens (primary N) is 1. The molecule has 0 aromatic heterocycles. The SMILES string of the molecule is COc1ccc(Cl)cc1CC(=O)c1ccc(Cl)c(N)c1. The van der Waals surface area contributed by atoms with Gasteiger partial charge >= 0.3 is 0 Å². The Morgan fingerprint density at radius 1 is 1.20 bits per heavy atom. The normalized spacial score (nSPS) is 10.3. The Hall–Kier alpha value is -1.71. The molecule has 2 rings (SSSR count). The molecule has 0 unspecified atom stereocenters. The molecule has 0 aliphatic rings. The molecule has 5 heteroatoms. The molecule has 0 aliphatic heterocycles. The van der Waals surface area contributed by atoms with Crippen LogP contribution < -0.4 is 10.5 Å². The predicted octanol–water partition coefficient (Wildman–Crippen LogP) is 4.01. The highest BCUT2D eigenvalue weighted by molar-refractivity contribution is 6.33. The van der Waals surface area contributed by atoms with Crippen molar-refractivity contribution < 1.29 is 9.53 Å². The quantitative estimate of drug-likeness (QED) is 0.686. The number of nitrogen functional groups attached to an aromatic ring is 1. The maximum Gasteiger partial charge on any atom is 0.167 e. The van der Waals surface area contributed by atoms with Gasteiger partial charge in [0.1, 0.15) is 5.75 Å². The molecule has 104 valence electrons. The summed E-state index contributed by atoms with van der Waals surface area (Å²) >= 11 is 11.8. The van der Waals surface area contributed by atoms with Gasteiger partial charge in [0.2, 0.25) is 0 Å². The number of rotatable bonds is 4. The molecule has 0 heterocycles. The molecule has 0 saturated carbocycles. The first kappa shape index (κ1) is 14.7. The van der Waals surface area contributed by atoms with Crippen molar-refractivity contribution in [1.29, 1.82) is 0 Å². The van der Waals surface area contributed by atoms with E-state index in [1.165, 1.54) is 0 Å². The largest absolute Gasteiger partial charge is 0.496 e. The number of carbonyl (C=O) groups excluding carboxylic acids is 1. The lowest BCUT2D eigenvalue weighted by molar-refractivity contribution is 0.0992. The number of Topliss-reactive ketones (excluding diaryl/α,β-unsaturated/α-hetero) is 1. The maximum atomic E-state index is 12.3. The fraction of sp³-hybridized carbons (Fsp3) is 0.133. The summed E-state index contributed by atoms with van der Waals surface area (Å²) in [5, 5.41) is 0.992. The van der Waals surface area contributed by atoms with Crippen LogP contribution in [0.3, 0.4) is 0 Å². The second-order valence-electron chi connectivity index (χ2n) is 4.29. The van der Waals surface area contributed by atoms with Gasteiger partial charge in [-0.05, 0) is 36.4 Å². The Bertz CT molecular complexity index is 656. The van der Waals surface area contributed by atoms with Gasteiger partial charge in [-0.3, -0.25) is 4.79 Å². The van der Waals surface area contributed by atoms with E-state index in [1.807, 2.05) is 0 Å². The first-order valence-electron chi connectivity index (χ1n) is 5.92. The standard InChI is InChI=1S/C15H13Cl2NO2/c1-20-15-5-3-11(16)6-10(15)8-14(19)9-2-4-12(17)13(18)7-9/h2-7H,8,18H2,1H3. The van der Waals surface area contributed by atoms with Crippen molar-refractivity contribution in [2.24, 2.45) is 0 Å². The monoisotopic (exact) mass is 309 g/mol. The van der Waals surface area contributed by atoms with Gasteiger partial charge in [0.25, 0.3) is 0 Å². The van der Waals surface area contributed by atoms with Crippen LogP contribution in [-0.2, 0) is 6.42 Å². The zero-order chi connectivity index (χ0) is 14.7. The summed E-state index contributed by atoms with van der Waals surface area (Å²) in [7, 11) is 1.55. The topological polar surface area (TPSA) is 52.3 Å². The van der Waals surface area contributed by atoms with Crippen LogP contribution in [-0.4, -0.2) is 12.9 Å². The van der Waals surface area contributed by atoms with Gasteiger partial charge in [0, 0.05) is 22.6 Å². The van der Waals surface area contributed by atoms with Crippen molar-refractivity contribution in [3.8, 4) is 5.75 Å². The minimum atomic E-state index is -0.0751. The fourth-order valence-corrected chi connectivity index (χ4v) is 2.19. The molecule has 0 radical (unpaired) electrons. The van der Waals surface area contributed by atoms with Crippen LogP contribution in [0.2, 0.25) is 10.0 Å². The molecule has 0 fully saturated rings. The average molecular weight is 310 g/mol. The van der Waals surface area contributed by atoms with E-state index >= 15 is 0 Å². The second kappa shape index (κ2) is 6.16. The van der Waals surface area contributed by atoms with E-state index in [0.29, 0.717) is 27.0 Å². The van der Waals surface area contributed by atoms with Gasteiger partial charge in [0.05, 0.1) is 17.8 Å². The average Bonchev–Trinajstić information content (AvgIpc) is 2.42. The van der Waals surface area contributed by atoms with Gasteiger partial charge in [0.15, 0.2) is 5.78 Å². The van der Waals surface area contributed by atoms with Crippen LogP contribution in [0.1, 0.15) is 15.9 Å². The lowest BCUT2D eigenvalue weighted by atomic mass is 10.0. The first-order valence-corrected chi connectivity index (χ1v) is 6.67. The van der Waals surface area contributed by atoms with Crippen molar-refractivity contribution in [2.45, 2.75) is 6.42 Å². The van der Waals surface area contributed by atoms with Crippen molar-refractivity contribution in [3.63, 3.8) is 0 Å². The molecule has 0 bridgehead atoms. The molecular formula is C15H13Cl2NO2. The Kier molecular flexibility index (Phi) is 4.53. The first-order chi connectivity index (χ1) is 9.51. The summed E-state index contributed by atoms with van der Waals surface area (Å²) in [5.74, 6) is 0.554. The van der Waals surface area contributed by atoms with Gasteiger partial charge in [-0.1, -0.05) is 23.2 Å². The lowest BCUT2D eigenvalue weighted by Gasteiger charge is -2.09. The van der Waals surface area contributed by atoms with Gasteiger partial charge in [-0.15, -0.1) is 0 Å². The molecule has 0 aliphatic carbocycles. The molecular weight excluding hydrogens is 297 g/mol. The van der Waals surface area contributed by atoms with Crippen LogP contribution in [0.4, 0.5) is 5.69 Å². The number of hydrogen-bond donors (Lipinski definition) is 1. The molecule has 0 amide bonds. The smallest absolute Gasteiger partial charge is 0.167 e. The number of hydrogen-bond acceptors (Lipinski definition) is 3. The fourth-order valence-electron chi connectivity index (χ4n) is 1.88. The number of benzene rings is 2. The minimum absolute atomic E-state index is 0.0751. The van der Waals surface area contributed by atoms with Crippen molar-refractivity contribution in [1.82, 2.24) is 0 Å².